The SMILES string of the molecule is Cc1cc(C(=O)NCCn2ncc3c(=O)n(Cc4ccc([N+](=O)[O-])cc4)cnc32)c(C)o1. The van der Waals surface area contributed by atoms with Crippen LogP contribution in [0.15, 0.2) is 52.1 Å². The number of rotatable bonds is 7. The van der Waals surface area contributed by atoms with Crippen LogP contribution in [0.3, 0.4) is 0 Å². The van der Waals surface area contributed by atoms with Gasteiger partial charge in [-0.05, 0) is 25.5 Å². The lowest BCUT2D eigenvalue weighted by atomic mass is 10.2. The van der Waals surface area contributed by atoms with Crippen LogP contribution in [0.2, 0.25) is 0 Å². The minimum Gasteiger partial charge on any atom is -0.466 e. The Balaban J connectivity index is 1.45. The molecule has 0 saturated heterocycles. The van der Waals surface area contributed by atoms with Crippen molar-refractivity contribution >= 4 is 22.6 Å². The largest absolute Gasteiger partial charge is 0.466 e. The average Bonchev–Trinajstić information content (AvgIpc) is 3.33. The minimum absolute atomic E-state index is 0.0129. The average molecular weight is 436 g/mol. The zero-order chi connectivity index (χ0) is 22.8. The Hall–Kier alpha value is -4.28. The highest BCUT2D eigenvalue weighted by atomic mass is 16.6. The molecular formula is C21H20N6O5. The lowest BCUT2D eigenvalue weighted by molar-refractivity contribution is -0.384. The Labute approximate surface area is 181 Å². The summed E-state index contributed by atoms with van der Waals surface area (Å²) in [6.45, 7) is 4.37. The molecule has 0 aliphatic carbocycles. The zero-order valence-corrected chi connectivity index (χ0v) is 17.4. The number of nitrogens with zero attached hydrogens (tertiary/aromatic N) is 5. The van der Waals surface area contributed by atoms with Crippen LogP contribution >= 0.6 is 0 Å². The minimum atomic E-state index is -0.474. The molecule has 3 aromatic heterocycles. The summed E-state index contributed by atoms with van der Waals surface area (Å²) in [4.78, 5) is 39.8. The third kappa shape index (κ3) is 4.13. The summed E-state index contributed by atoms with van der Waals surface area (Å²) in [6.07, 6.45) is 2.86. The molecule has 0 fully saturated rings. The molecule has 4 aromatic rings. The monoisotopic (exact) mass is 436 g/mol. The normalized spacial score (nSPS) is 11.1. The van der Waals surface area contributed by atoms with Gasteiger partial charge in [0, 0.05) is 18.7 Å². The molecule has 11 heteroatoms. The molecule has 0 aliphatic rings. The van der Waals surface area contributed by atoms with E-state index in [1.54, 1.807) is 36.7 Å². The first-order valence-electron chi connectivity index (χ1n) is 9.83. The van der Waals surface area contributed by atoms with Gasteiger partial charge in [-0.3, -0.25) is 24.3 Å². The van der Waals surface area contributed by atoms with E-state index >= 15 is 0 Å². The third-order valence-corrected chi connectivity index (χ3v) is 5.02. The maximum absolute atomic E-state index is 12.8. The van der Waals surface area contributed by atoms with Crippen molar-refractivity contribution in [1.29, 1.82) is 0 Å². The predicted octanol–water partition coefficient (Wildman–Crippen LogP) is 2.19. The van der Waals surface area contributed by atoms with Crippen molar-refractivity contribution in [3.8, 4) is 0 Å². The van der Waals surface area contributed by atoms with Crippen LogP contribution in [-0.2, 0) is 13.1 Å². The molecule has 0 aliphatic heterocycles. The quantitative estimate of drug-likeness (QED) is 0.346. The number of non-ortho nitro benzene ring substituents is 1. The van der Waals surface area contributed by atoms with E-state index in [4.69, 9.17) is 4.42 Å². The number of furan rings is 1. The van der Waals surface area contributed by atoms with Crippen molar-refractivity contribution < 1.29 is 14.1 Å². The summed E-state index contributed by atoms with van der Waals surface area (Å²) >= 11 is 0. The van der Waals surface area contributed by atoms with Gasteiger partial charge in [0.25, 0.3) is 17.2 Å². The highest BCUT2D eigenvalue weighted by molar-refractivity contribution is 5.95. The molecular weight excluding hydrogens is 416 g/mol. The summed E-state index contributed by atoms with van der Waals surface area (Å²) in [5.74, 6) is 0.980. The Kier molecular flexibility index (Phi) is 5.54. The maximum atomic E-state index is 12.8. The second-order valence-electron chi connectivity index (χ2n) is 7.29. The Morgan fingerprint density at radius 3 is 2.66 bits per heavy atom. The van der Waals surface area contributed by atoms with Gasteiger partial charge in [-0.1, -0.05) is 12.1 Å². The van der Waals surface area contributed by atoms with Crippen molar-refractivity contribution in [2.75, 3.05) is 6.54 Å². The molecule has 0 unspecified atom stereocenters. The number of amides is 1. The van der Waals surface area contributed by atoms with Gasteiger partial charge < -0.3 is 9.73 Å². The fraction of sp³-hybridized carbons (Fsp3) is 0.238. The lowest BCUT2D eigenvalue weighted by Crippen LogP contribution is -2.28. The molecule has 4 rings (SSSR count). The molecule has 32 heavy (non-hydrogen) atoms. The number of hydrogen-bond donors (Lipinski definition) is 1. The number of carbonyl (C=O) groups is 1. The standard InChI is InChI=1S/C21H20N6O5/c1-13-9-17(14(2)32-13)20(28)22-7-8-26-19-18(10-24-26)21(29)25(12-23-19)11-15-3-5-16(6-4-15)27(30)31/h3-6,9-10,12H,7-8,11H2,1-2H3,(H,22,28). The van der Waals surface area contributed by atoms with Crippen molar-refractivity contribution in [1.82, 2.24) is 24.6 Å². The number of carbonyl (C=O) groups excluding carboxylic acids is 1. The van der Waals surface area contributed by atoms with E-state index in [0.29, 0.717) is 41.2 Å². The molecule has 0 bridgehead atoms. The molecule has 1 N–H and O–H groups in total. The van der Waals surface area contributed by atoms with Gasteiger partial charge in [0.05, 0.1) is 29.8 Å². The van der Waals surface area contributed by atoms with Crippen molar-refractivity contribution in [2.45, 2.75) is 26.9 Å². The van der Waals surface area contributed by atoms with E-state index in [2.05, 4.69) is 15.4 Å². The third-order valence-electron chi connectivity index (χ3n) is 5.02. The van der Waals surface area contributed by atoms with E-state index in [-0.39, 0.29) is 23.7 Å². The second kappa shape index (κ2) is 8.46. The summed E-state index contributed by atoms with van der Waals surface area (Å²) < 4.78 is 8.35. The summed E-state index contributed by atoms with van der Waals surface area (Å²) in [5.41, 5.74) is 1.35. The molecule has 0 radical (unpaired) electrons. The van der Waals surface area contributed by atoms with Crippen LogP contribution in [0.25, 0.3) is 11.0 Å². The van der Waals surface area contributed by atoms with Crippen molar-refractivity contribution in [3.05, 3.63) is 86.0 Å². The van der Waals surface area contributed by atoms with E-state index in [0.717, 1.165) is 5.56 Å². The first-order valence-corrected chi connectivity index (χ1v) is 9.83. The van der Waals surface area contributed by atoms with Crippen LogP contribution in [-0.4, -0.2) is 36.7 Å². The topological polar surface area (TPSA) is 138 Å². The molecule has 11 nitrogen and oxygen atoms in total. The van der Waals surface area contributed by atoms with E-state index < -0.39 is 4.92 Å². The van der Waals surface area contributed by atoms with Crippen LogP contribution in [0.5, 0.6) is 0 Å². The second-order valence-corrected chi connectivity index (χ2v) is 7.29. The Morgan fingerprint density at radius 2 is 2.00 bits per heavy atom. The van der Waals surface area contributed by atoms with Crippen molar-refractivity contribution in [2.24, 2.45) is 0 Å². The number of benzene rings is 1. The lowest BCUT2D eigenvalue weighted by Gasteiger charge is -2.07. The number of fused-ring (bicyclic) bond motifs is 1. The number of nitro benzene ring substituents is 1. The van der Waals surface area contributed by atoms with E-state index in [1.807, 2.05) is 0 Å². The molecule has 1 aromatic carbocycles. The first-order chi connectivity index (χ1) is 15.3. The van der Waals surface area contributed by atoms with Gasteiger partial charge in [-0.15, -0.1) is 0 Å². The van der Waals surface area contributed by atoms with Gasteiger partial charge in [0.2, 0.25) is 0 Å². The maximum Gasteiger partial charge on any atom is 0.269 e. The fourth-order valence-corrected chi connectivity index (χ4v) is 3.42. The van der Waals surface area contributed by atoms with Crippen LogP contribution in [0.1, 0.15) is 27.4 Å². The fourth-order valence-electron chi connectivity index (χ4n) is 3.42. The number of nitro groups is 1. The molecule has 164 valence electrons. The molecule has 1 amide bonds. The van der Waals surface area contributed by atoms with Gasteiger partial charge in [-0.2, -0.15) is 5.10 Å². The molecule has 0 spiro atoms. The Bertz CT molecular complexity index is 1370. The van der Waals surface area contributed by atoms with Gasteiger partial charge in [-0.25, -0.2) is 9.67 Å². The van der Waals surface area contributed by atoms with E-state index in [1.165, 1.54) is 29.2 Å². The molecule has 3 heterocycles. The summed E-state index contributed by atoms with van der Waals surface area (Å²) in [5, 5.41) is 18.2. The van der Waals surface area contributed by atoms with Gasteiger partial charge in [0.1, 0.15) is 23.2 Å². The van der Waals surface area contributed by atoms with Gasteiger partial charge >= 0.3 is 0 Å². The van der Waals surface area contributed by atoms with Crippen LogP contribution < -0.4 is 10.9 Å². The molecule has 0 saturated carbocycles. The molecule has 0 atom stereocenters. The summed E-state index contributed by atoms with van der Waals surface area (Å²) in [7, 11) is 0. The highest BCUT2D eigenvalue weighted by Crippen LogP contribution is 2.14. The summed E-state index contributed by atoms with van der Waals surface area (Å²) in [6, 6.07) is 7.67. The predicted molar refractivity (Wildman–Crippen MR) is 115 cm³/mol. The number of hydrogen-bond acceptors (Lipinski definition) is 7. The number of aromatic nitrogens is 4. The smallest absolute Gasteiger partial charge is 0.269 e. The van der Waals surface area contributed by atoms with Gasteiger partial charge in [0.15, 0.2) is 5.65 Å². The van der Waals surface area contributed by atoms with Crippen LogP contribution in [0, 0.1) is 24.0 Å². The number of nitrogens with one attached hydrogen (secondary N) is 1. The number of aryl methyl sites for hydroxylation is 2. The van der Waals surface area contributed by atoms with Crippen LogP contribution in [0.4, 0.5) is 5.69 Å². The van der Waals surface area contributed by atoms with E-state index in [9.17, 15) is 19.7 Å². The first kappa shape index (κ1) is 21.0. The highest BCUT2D eigenvalue weighted by Gasteiger charge is 2.14. The van der Waals surface area contributed by atoms with Crippen molar-refractivity contribution in [3.63, 3.8) is 0 Å². The Morgan fingerprint density at radius 1 is 1.25 bits per heavy atom. The zero-order valence-electron chi connectivity index (χ0n) is 17.4.